The molecule has 15 heavy (non-hydrogen) atoms. The fourth-order valence-corrected chi connectivity index (χ4v) is 1.50. The summed E-state index contributed by atoms with van der Waals surface area (Å²) in [5, 5.41) is 15.2. The Morgan fingerprint density at radius 2 is 2.53 bits per heavy atom. The Kier molecular flexibility index (Phi) is 5.60. The summed E-state index contributed by atoms with van der Waals surface area (Å²) in [4.78, 5) is 11.5. The minimum atomic E-state index is -0.449. The highest BCUT2D eigenvalue weighted by molar-refractivity contribution is 5.81. The van der Waals surface area contributed by atoms with E-state index in [-0.39, 0.29) is 5.91 Å². The highest BCUT2D eigenvalue weighted by atomic mass is 16.5. The van der Waals surface area contributed by atoms with E-state index in [4.69, 9.17) is 4.74 Å². The van der Waals surface area contributed by atoms with Crippen LogP contribution in [0.1, 0.15) is 19.8 Å². The topological polar surface area (TPSA) is 70.6 Å². The van der Waals surface area contributed by atoms with Gasteiger partial charge in [0.15, 0.2) is 0 Å². The van der Waals surface area contributed by atoms with Crippen molar-refractivity contribution >= 4 is 5.91 Å². The Labute approximate surface area is 90.2 Å². The Hall–Kier alpha value is -0.650. The molecule has 1 saturated heterocycles. The summed E-state index contributed by atoms with van der Waals surface area (Å²) >= 11 is 0. The van der Waals surface area contributed by atoms with E-state index in [9.17, 15) is 9.90 Å². The van der Waals surface area contributed by atoms with E-state index < -0.39 is 12.2 Å². The van der Waals surface area contributed by atoms with Gasteiger partial charge in [0.2, 0.25) is 0 Å². The summed E-state index contributed by atoms with van der Waals surface area (Å²) in [7, 11) is 0. The van der Waals surface area contributed by atoms with Crippen molar-refractivity contribution in [2.45, 2.75) is 32.0 Å². The average Bonchev–Trinajstić information content (AvgIpc) is 2.27. The van der Waals surface area contributed by atoms with Gasteiger partial charge in [0.1, 0.15) is 6.10 Å². The van der Waals surface area contributed by atoms with Gasteiger partial charge < -0.3 is 20.5 Å². The Balaban J connectivity index is 2.16. The minimum Gasteiger partial charge on any atom is -0.391 e. The van der Waals surface area contributed by atoms with E-state index in [0.29, 0.717) is 26.1 Å². The summed E-state index contributed by atoms with van der Waals surface area (Å²) in [5.41, 5.74) is 0. The van der Waals surface area contributed by atoms with Gasteiger partial charge >= 0.3 is 0 Å². The van der Waals surface area contributed by atoms with Crippen LogP contribution in [-0.2, 0) is 9.53 Å². The van der Waals surface area contributed by atoms with Gasteiger partial charge in [0, 0.05) is 19.6 Å². The van der Waals surface area contributed by atoms with Gasteiger partial charge in [-0.15, -0.1) is 0 Å². The van der Waals surface area contributed by atoms with Crippen LogP contribution in [0.15, 0.2) is 0 Å². The fourth-order valence-electron chi connectivity index (χ4n) is 1.50. The van der Waals surface area contributed by atoms with Crippen molar-refractivity contribution in [3.8, 4) is 0 Å². The molecule has 0 spiro atoms. The molecule has 5 heteroatoms. The first-order valence-corrected chi connectivity index (χ1v) is 5.52. The van der Waals surface area contributed by atoms with Crippen LogP contribution in [0.5, 0.6) is 0 Å². The number of morpholine rings is 1. The zero-order valence-electron chi connectivity index (χ0n) is 9.16. The predicted octanol–water partition coefficient (Wildman–Crippen LogP) is -0.748. The summed E-state index contributed by atoms with van der Waals surface area (Å²) < 4.78 is 5.28. The molecule has 1 fully saturated rings. The second-order valence-corrected chi connectivity index (χ2v) is 3.75. The lowest BCUT2D eigenvalue weighted by atomic mass is 10.2. The van der Waals surface area contributed by atoms with Crippen molar-refractivity contribution in [2.24, 2.45) is 0 Å². The number of amides is 1. The highest BCUT2D eigenvalue weighted by Crippen LogP contribution is 1.97. The zero-order valence-corrected chi connectivity index (χ0v) is 9.16. The first kappa shape index (κ1) is 12.4. The van der Waals surface area contributed by atoms with E-state index in [2.05, 4.69) is 10.6 Å². The van der Waals surface area contributed by atoms with Gasteiger partial charge in [-0.25, -0.2) is 0 Å². The molecule has 0 aromatic carbocycles. The van der Waals surface area contributed by atoms with E-state index in [1.165, 1.54) is 0 Å². The lowest BCUT2D eigenvalue weighted by molar-refractivity contribution is -0.134. The maximum atomic E-state index is 11.5. The molecule has 2 unspecified atom stereocenters. The molecule has 0 aromatic rings. The Bertz CT molecular complexity index is 193. The van der Waals surface area contributed by atoms with Crippen LogP contribution in [0, 0.1) is 0 Å². The summed E-state index contributed by atoms with van der Waals surface area (Å²) in [6.45, 7) is 4.22. The smallest absolute Gasteiger partial charge is 0.250 e. The molecule has 88 valence electrons. The maximum Gasteiger partial charge on any atom is 0.250 e. The molecule has 0 saturated carbocycles. The van der Waals surface area contributed by atoms with Gasteiger partial charge in [-0.1, -0.05) is 13.3 Å². The quantitative estimate of drug-likeness (QED) is 0.565. The van der Waals surface area contributed by atoms with E-state index in [1.807, 2.05) is 6.92 Å². The van der Waals surface area contributed by atoms with Crippen LogP contribution < -0.4 is 10.6 Å². The van der Waals surface area contributed by atoms with E-state index >= 15 is 0 Å². The van der Waals surface area contributed by atoms with Gasteiger partial charge in [0.05, 0.1) is 12.7 Å². The Morgan fingerprint density at radius 3 is 3.13 bits per heavy atom. The molecule has 0 bridgehead atoms. The van der Waals surface area contributed by atoms with Gasteiger partial charge in [-0.2, -0.15) is 0 Å². The molecule has 0 radical (unpaired) electrons. The number of carbonyl (C=O) groups excluding carboxylic acids is 1. The van der Waals surface area contributed by atoms with Gasteiger partial charge in [-0.3, -0.25) is 4.79 Å². The maximum absolute atomic E-state index is 11.5. The van der Waals surface area contributed by atoms with Crippen LogP contribution >= 0.6 is 0 Å². The number of hydrogen-bond donors (Lipinski definition) is 3. The molecule has 1 aliphatic heterocycles. The van der Waals surface area contributed by atoms with Crippen molar-refractivity contribution in [1.29, 1.82) is 0 Å². The second kappa shape index (κ2) is 6.76. The van der Waals surface area contributed by atoms with Crippen molar-refractivity contribution in [1.82, 2.24) is 10.6 Å². The number of rotatable bonds is 5. The molecule has 3 N–H and O–H groups in total. The Morgan fingerprint density at radius 1 is 1.73 bits per heavy atom. The first-order valence-electron chi connectivity index (χ1n) is 5.52. The zero-order chi connectivity index (χ0) is 11.1. The molecule has 0 aliphatic carbocycles. The number of carbonyl (C=O) groups is 1. The van der Waals surface area contributed by atoms with Crippen LogP contribution in [0.4, 0.5) is 0 Å². The van der Waals surface area contributed by atoms with Crippen LogP contribution in [-0.4, -0.2) is 49.5 Å². The number of aliphatic hydroxyl groups excluding tert-OH is 1. The normalized spacial score (nSPS) is 23.5. The monoisotopic (exact) mass is 216 g/mol. The van der Waals surface area contributed by atoms with Crippen LogP contribution in [0.3, 0.4) is 0 Å². The van der Waals surface area contributed by atoms with Gasteiger partial charge in [0.25, 0.3) is 5.91 Å². The lowest BCUT2D eigenvalue weighted by Gasteiger charge is -2.23. The lowest BCUT2D eigenvalue weighted by Crippen LogP contribution is -2.49. The molecular weight excluding hydrogens is 196 g/mol. The molecule has 1 heterocycles. The van der Waals surface area contributed by atoms with Crippen LogP contribution in [0.25, 0.3) is 0 Å². The SMILES string of the molecule is CCCC(O)CNC(=O)C1CNCCO1. The molecule has 1 rings (SSSR count). The number of nitrogens with one attached hydrogen (secondary N) is 2. The molecule has 1 aliphatic rings. The van der Waals surface area contributed by atoms with Crippen molar-refractivity contribution in [2.75, 3.05) is 26.2 Å². The molecule has 5 nitrogen and oxygen atoms in total. The van der Waals surface area contributed by atoms with E-state index in [0.717, 1.165) is 13.0 Å². The van der Waals surface area contributed by atoms with Gasteiger partial charge in [-0.05, 0) is 6.42 Å². The number of aliphatic hydroxyl groups is 1. The predicted molar refractivity (Wildman–Crippen MR) is 56.5 cm³/mol. The third-order valence-corrected chi connectivity index (χ3v) is 2.35. The van der Waals surface area contributed by atoms with Crippen molar-refractivity contribution in [3.63, 3.8) is 0 Å². The highest BCUT2D eigenvalue weighted by Gasteiger charge is 2.21. The standard InChI is InChI=1S/C10H20N2O3/c1-2-3-8(13)6-12-10(14)9-7-11-4-5-15-9/h8-9,11,13H,2-7H2,1H3,(H,12,14). The third-order valence-electron chi connectivity index (χ3n) is 2.35. The average molecular weight is 216 g/mol. The van der Waals surface area contributed by atoms with Crippen molar-refractivity contribution in [3.05, 3.63) is 0 Å². The first-order chi connectivity index (χ1) is 7.24. The largest absolute Gasteiger partial charge is 0.391 e. The molecule has 1 amide bonds. The van der Waals surface area contributed by atoms with Crippen molar-refractivity contribution < 1.29 is 14.6 Å². The summed E-state index contributed by atoms with van der Waals surface area (Å²) in [5.74, 6) is -0.141. The molecular formula is C10H20N2O3. The second-order valence-electron chi connectivity index (χ2n) is 3.75. The van der Waals surface area contributed by atoms with E-state index in [1.54, 1.807) is 0 Å². The molecule has 2 atom stereocenters. The fraction of sp³-hybridized carbons (Fsp3) is 0.900. The number of ether oxygens (including phenoxy) is 1. The molecule has 0 aromatic heterocycles. The summed E-state index contributed by atoms with van der Waals surface area (Å²) in [6, 6.07) is 0. The van der Waals surface area contributed by atoms with Crippen LogP contribution in [0.2, 0.25) is 0 Å². The summed E-state index contributed by atoms with van der Waals surface area (Å²) in [6.07, 6.45) is 0.769. The minimum absolute atomic E-state index is 0.141. The third kappa shape index (κ3) is 4.59. The number of hydrogen-bond acceptors (Lipinski definition) is 4.